The van der Waals surface area contributed by atoms with Crippen LogP contribution in [-0.4, -0.2) is 41.8 Å². The summed E-state index contributed by atoms with van der Waals surface area (Å²) in [5.74, 6) is -3.54. The number of Topliss-reactive ketones (excluding diaryl/α,β-unsaturated/α-hetero) is 1. The van der Waals surface area contributed by atoms with Gasteiger partial charge in [-0.2, -0.15) is 0 Å². The van der Waals surface area contributed by atoms with Crippen LogP contribution in [0.4, 0.5) is 8.78 Å². The van der Waals surface area contributed by atoms with Crippen molar-refractivity contribution in [2.75, 3.05) is 0 Å². The highest BCUT2D eigenvalue weighted by Crippen LogP contribution is 2.09. The lowest BCUT2D eigenvalue weighted by Gasteiger charge is -2.24. The first-order chi connectivity index (χ1) is 17.1. The summed E-state index contributed by atoms with van der Waals surface area (Å²) in [4.78, 5) is 50.0. The summed E-state index contributed by atoms with van der Waals surface area (Å²) in [5.41, 5.74) is 1.09. The van der Waals surface area contributed by atoms with Crippen molar-refractivity contribution in [2.45, 2.75) is 51.7 Å². The number of benzene rings is 2. The van der Waals surface area contributed by atoms with E-state index in [1.54, 1.807) is 19.9 Å². The van der Waals surface area contributed by atoms with Crippen molar-refractivity contribution in [3.8, 4) is 0 Å². The Labute approximate surface area is 208 Å². The molecule has 3 amide bonds. The lowest BCUT2D eigenvalue weighted by molar-refractivity contribution is -0.133. The third-order valence-corrected chi connectivity index (χ3v) is 5.34. The van der Waals surface area contributed by atoms with Gasteiger partial charge in [0.05, 0.1) is 6.21 Å². The third-order valence-electron chi connectivity index (χ3n) is 5.34. The summed E-state index contributed by atoms with van der Waals surface area (Å²) in [5, 5.41) is 14.9. The van der Waals surface area contributed by atoms with E-state index in [2.05, 4.69) is 16.0 Å². The first kappa shape index (κ1) is 28.3. The quantitative estimate of drug-likeness (QED) is 0.315. The lowest BCUT2D eigenvalue weighted by Crippen LogP contribution is -2.55. The number of amides is 3. The monoisotopic (exact) mass is 500 g/mol. The van der Waals surface area contributed by atoms with E-state index in [4.69, 9.17) is 5.41 Å². The Hall–Kier alpha value is -3.95. The predicted octanol–water partition coefficient (Wildman–Crippen LogP) is 2.45. The topological polar surface area (TPSA) is 128 Å². The molecule has 0 radical (unpaired) electrons. The van der Waals surface area contributed by atoms with Gasteiger partial charge >= 0.3 is 0 Å². The van der Waals surface area contributed by atoms with Gasteiger partial charge in [0.25, 0.3) is 0 Å². The molecule has 2 atom stereocenters. The van der Waals surface area contributed by atoms with E-state index in [9.17, 15) is 28.0 Å². The number of ketones is 1. The van der Waals surface area contributed by atoms with Crippen LogP contribution >= 0.6 is 0 Å². The minimum Gasteiger partial charge on any atom is -0.350 e. The van der Waals surface area contributed by atoms with Crippen molar-refractivity contribution in [1.82, 2.24) is 16.0 Å². The molecular formula is C26H30F2N4O4. The fourth-order valence-corrected chi connectivity index (χ4v) is 3.26. The van der Waals surface area contributed by atoms with Gasteiger partial charge < -0.3 is 21.4 Å². The van der Waals surface area contributed by atoms with Gasteiger partial charge in [-0.05, 0) is 41.8 Å². The molecule has 2 aromatic carbocycles. The highest BCUT2D eigenvalue weighted by atomic mass is 19.1. The fourth-order valence-electron chi connectivity index (χ4n) is 3.26. The van der Waals surface area contributed by atoms with E-state index in [1.807, 2.05) is 0 Å². The van der Waals surface area contributed by atoms with Crippen LogP contribution in [0.3, 0.4) is 0 Å². The molecule has 2 aromatic rings. The van der Waals surface area contributed by atoms with Crippen LogP contribution in [0.5, 0.6) is 0 Å². The van der Waals surface area contributed by atoms with Crippen LogP contribution in [0, 0.1) is 23.0 Å². The summed E-state index contributed by atoms with van der Waals surface area (Å²) < 4.78 is 26.8. The molecule has 0 aliphatic rings. The summed E-state index contributed by atoms with van der Waals surface area (Å²) >= 11 is 0. The zero-order valence-corrected chi connectivity index (χ0v) is 20.1. The van der Waals surface area contributed by atoms with Gasteiger partial charge in [-0.1, -0.05) is 38.1 Å². The van der Waals surface area contributed by atoms with Crippen LogP contribution in [0.1, 0.15) is 37.8 Å². The lowest BCUT2D eigenvalue weighted by atomic mass is 10.0. The maximum atomic E-state index is 13.7. The highest BCUT2D eigenvalue weighted by molar-refractivity contribution is 6.26. The molecule has 0 fully saturated rings. The molecule has 0 saturated carbocycles. The Morgan fingerprint density at radius 2 is 1.53 bits per heavy atom. The van der Waals surface area contributed by atoms with Crippen LogP contribution in [0.15, 0.2) is 48.5 Å². The van der Waals surface area contributed by atoms with E-state index in [-0.39, 0.29) is 25.8 Å². The van der Waals surface area contributed by atoms with Crippen molar-refractivity contribution in [3.05, 3.63) is 71.3 Å². The second-order valence-corrected chi connectivity index (χ2v) is 8.60. The summed E-state index contributed by atoms with van der Waals surface area (Å²) in [7, 11) is 0. The molecule has 10 heteroatoms. The van der Waals surface area contributed by atoms with Gasteiger partial charge in [-0.3, -0.25) is 19.2 Å². The molecule has 8 nitrogen and oxygen atoms in total. The Balaban J connectivity index is 2.18. The molecule has 0 bridgehead atoms. The van der Waals surface area contributed by atoms with E-state index in [0.717, 1.165) is 0 Å². The van der Waals surface area contributed by atoms with Gasteiger partial charge in [-0.25, -0.2) is 8.78 Å². The SMILES string of the molecule is CC(C)C(=O)N[C@@H](Cc1cccc(F)c1)C(=O)N[C@@H](CCC(=O)C=N)C(=O)NCc1ccc(F)cc1. The fraction of sp³-hybridized carbons (Fsp3) is 0.346. The second kappa shape index (κ2) is 13.8. The van der Waals surface area contributed by atoms with Gasteiger partial charge in [0.1, 0.15) is 23.7 Å². The highest BCUT2D eigenvalue weighted by Gasteiger charge is 2.28. The van der Waals surface area contributed by atoms with Crippen molar-refractivity contribution < 1.29 is 28.0 Å². The van der Waals surface area contributed by atoms with Gasteiger partial charge in [0.2, 0.25) is 17.7 Å². The molecule has 2 rings (SSSR count). The Morgan fingerprint density at radius 1 is 0.861 bits per heavy atom. The molecule has 0 spiro atoms. The van der Waals surface area contributed by atoms with Crippen LogP contribution in [-0.2, 0) is 32.1 Å². The molecule has 0 unspecified atom stereocenters. The zero-order valence-electron chi connectivity index (χ0n) is 20.1. The average Bonchev–Trinajstić information content (AvgIpc) is 2.85. The smallest absolute Gasteiger partial charge is 0.243 e. The van der Waals surface area contributed by atoms with E-state index in [1.165, 1.54) is 42.5 Å². The molecule has 192 valence electrons. The van der Waals surface area contributed by atoms with Gasteiger partial charge in [-0.15, -0.1) is 0 Å². The van der Waals surface area contributed by atoms with Crippen molar-refractivity contribution in [1.29, 1.82) is 5.41 Å². The summed E-state index contributed by atoms with van der Waals surface area (Å²) in [6, 6.07) is 8.84. The zero-order chi connectivity index (χ0) is 26.7. The molecule has 0 aliphatic heterocycles. The normalized spacial score (nSPS) is 12.4. The average molecular weight is 501 g/mol. The summed E-state index contributed by atoms with van der Waals surface area (Å²) in [6.07, 6.45) is 0.363. The molecular weight excluding hydrogens is 470 g/mol. The second-order valence-electron chi connectivity index (χ2n) is 8.60. The van der Waals surface area contributed by atoms with Crippen molar-refractivity contribution in [3.63, 3.8) is 0 Å². The first-order valence-corrected chi connectivity index (χ1v) is 11.5. The van der Waals surface area contributed by atoms with E-state index < -0.39 is 53.1 Å². The molecule has 36 heavy (non-hydrogen) atoms. The largest absolute Gasteiger partial charge is 0.350 e. The third kappa shape index (κ3) is 9.36. The van der Waals surface area contributed by atoms with E-state index in [0.29, 0.717) is 17.3 Å². The van der Waals surface area contributed by atoms with Crippen molar-refractivity contribution in [2.24, 2.45) is 5.92 Å². The number of rotatable bonds is 13. The molecule has 4 N–H and O–H groups in total. The Bertz CT molecular complexity index is 1090. The van der Waals surface area contributed by atoms with Gasteiger partial charge in [0, 0.05) is 25.3 Å². The number of hydrogen-bond donors (Lipinski definition) is 4. The number of carbonyl (C=O) groups is 4. The molecule has 0 aromatic heterocycles. The molecule has 0 saturated heterocycles. The molecule has 0 heterocycles. The first-order valence-electron chi connectivity index (χ1n) is 11.5. The number of halogens is 2. The standard InChI is InChI=1S/C26H30F2N4O4/c1-16(2)24(34)32-23(13-18-4-3-5-20(28)12-18)26(36)31-22(11-10-21(33)14-29)25(35)30-15-17-6-8-19(27)9-7-17/h3-9,12,14,16,22-23,29H,10-11,13,15H2,1-2H3,(H,30,35)(H,31,36)(H,32,34)/t22-,23-/m0/s1. The Morgan fingerprint density at radius 3 is 2.14 bits per heavy atom. The number of nitrogens with one attached hydrogen (secondary N) is 4. The summed E-state index contributed by atoms with van der Waals surface area (Å²) in [6.45, 7) is 3.36. The van der Waals surface area contributed by atoms with Crippen LogP contribution in [0.2, 0.25) is 0 Å². The maximum Gasteiger partial charge on any atom is 0.243 e. The van der Waals surface area contributed by atoms with Crippen molar-refractivity contribution >= 4 is 29.7 Å². The van der Waals surface area contributed by atoms with E-state index >= 15 is 0 Å². The maximum absolute atomic E-state index is 13.7. The van der Waals surface area contributed by atoms with Crippen LogP contribution in [0.25, 0.3) is 0 Å². The minimum atomic E-state index is -1.15. The van der Waals surface area contributed by atoms with Gasteiger partial charge in [0.15, 0.2) is 5.78 Å². The van der Waals surface area contributed by atoms with Crippen LogP contribution < -0.4 is 16.0 Å². The number of hydrogen-bond acceptors (Lipinski definition) is 5. The number of carbonyl (C=O) groups excluding carboxylic acids is 4. The predicted molar refractivity (Wildman–Crippen MR) is 130 cm³/mol. The minimum absolute atomic E-state index is 0.0224. The molecule has 0 aliphatic carbocycles. The Kier molecular flexibility index (Phi) is 10.9.